The largest absolute Gasteiger partial charge is 0 e. The zero-order valence-corrected chi connectivity index (χ0v) is 13.6. The normalized spacial score (nSPS) is 0. The van der Waals surface area contributed by atoms with Crippen LogP contribution in [-0.2, 0) is 19.5 Å². The van der Waals surface area contributed by atoms with Crippen LogP contribution >= 0.6 is 0 Å². The maximum absolute atomic E-state index is 0. The van der Waals surface area contributed by atoms with Gasteiger partial charge in [-0.15, -0.1) is 0 Å². The summed E-state index contributed by atoms with van der Waals surface area (Å²) >= 11 is 0. The topological polar surface area (TPSA) is 0 Å². The first-order chi connectivity index (χ1) is 0. The van der Waals surface area contributed by atoms with Crippen LogP contribution in [0.5, 0.6) is 0 Å². The molecule has 0 fully saturated rings. The van der Waals surface area contributed by atoms with E-state index in [0.717, 1.165) is 0 Å². The number of hydrogen-bond acceptors (Lipinski definition) is 0. The first-order valence-corrected chi connectivity index (χ1v) is 0. The van der Waals surface area contributed by atoms with Gasteiger partial charge < -0.3 is 0 Å². The van der Waals surface area contributed by atoms with E-state index in [1.807, 2.05) is 0 Å². The van der Waals surface area contributed by atoms with Gasteiger partial charge >= 0.3 is 106 Å². The number of hydrogen-bond donors (Lipinski definition) is 0. The molecule has 1 unspecified atom stereocenters. The molecule has 0 aromatic carbocycles. The van der Waals surface area contributed by atoms with Crippen molar-refractivity contribution in [1.82, 2.24) is 0 Å². The fraction of sp³-hybridized carbons (Fsp3) is 0. The average Bonchev–Trinajstić information content (AvgIpc) is 0. The molecule has 0 aliphatic heterocycles. The maximum atomic E-state index is 0. The molecule has 0 saturated heterocycles. The average molecular weight is 451 g/mol. The van der Waals surface area contributed by atoms with E-state index in [1.54, 1.807) is 0 Å². The predicted octanol–water partition coefficient (Wildman–Crippen LogP) is -5.12. The summed E-state index contributed by atoms with van der Waals surface area (Å²) < 4.78 is 0. The molecule has 0 N–H and O–H groups in total. The Morgan fingerprint density at radius 1 is 1.00 bits per heavy atom. The Morgan fingerprint density at radius 3 is 1.00 bits per heavy atom. The Balaban J connectivity index is 0. The van der Waals surface area contributed by atoms with Crippen molar-refractivity contribution in [3.63, 3.8) is 0 Å². The van der Waals surface area contributed by atoms with Gasteiger partial charge in [0.1, 0.15) is 0 Å². The first-order valence-electron chi connectivity index (χ1n) is 0. The molecule has 2 radical (unpaired) electrons. The fourth-order valence-electron chi connectivity index (χ4n) is 0. The van der Waals surface area contributed by atoms with Gasteiger partial charge in [0, 0.05) is 19.5 Å². The Kier molecular flexibility index (Phi) is 255. The van der Waals surface area contributed by atoms with E-state index in [0.29, 0.717) is 0 Å². The van der Waals surface area contributed by atoms with Crippen LogP contribution in [0.25, 0.3) is 0 Å². The van der Waals surface area contributed by atoms with Gasteiger partial charge in [0.2, 0.25) is 0 Å². The van der Waals surface area contributed by atoms with Gasteiger partial charge in [0.15, 0.2) is 17.4 Å². The molecule has 6 heavy (non-hydrogen) atoms. The van der Waals surface area contributed by atoms with E-state index >= 15 is 0 Å². The zero-order chi connectivity index (χ0) is 0. The van der Waals surface area contributed by atoms with Crippen LogP contribution in [0.1, 0.15) is 0 Å². The Morgan fingerprint density at radius 2 is 1.00 bits per heavy atom. The van der Waals surface area contributed by atoms with Gasteiger partial charge in [-0.25, -0.2) is 0 Å². The third-order valence-electron chi connectivity index (χ3n) is 0. The molecule has 0 saturated carbocycles. The molecule has 0 nitrogen and oxygen atoms in total. The van der Waals surface area contributed by atoms with Crippen LogP contribution in [0.3, 0.4) is 0 Å². The molecule has 6 heteroatoms. The van der Waals surface area contributed by atoms with E-state index in [-0.39, 0.29) is 143 Å². The smallest absolute Gasteiger partial charge is 0 e. The van der Waals surface area contributed by atoms with Crippen molar-refractivity contribution in [1.29, 1.82) is 0 Å². The van der Waals surface area contributed by atoms with Gasteiger partial charge in [-0.2, -0.15) is 0 Å². The van der Waals surface area contributed by atoms with E-state index in [9.17, 15) is 0 Å². The quantitative estimate of drug-likeness (QED) is 0.324. The number of rotatable bonds is 0. The van der Waals surface area contributed by atoms with Crippen LogP contribution in [0.2, 0.25) is 0 Å². The molecule has 0 bridgehead atoms. The summed E-state index contributed by atoms with van der Waals surface area (Å²) in [6.45, 7) is 0. The summed E-state index contributed by atoms with van der Waals surface area (Å²) in [4.78, 5) is 0. The molecule has 0 amide bonds. The van der Waals surface area contributed by atoms with E-state index in [1.165, 1.54) is 0 Å². The Bertz CT molecular complexity index is 15.5. The van der Waals surface area contributed by atoms with Crippen LogP contribution < -0.4 is 0 Å². The summed E-state index contributed by atoms with van der Waals surface area (Å²) in [5.74, 6) is 0. The van der Waals surface area contributed by atoms with Gasteiger partial charge in [-0.3, -0.25) is 0 Å². The van der Waals surface area contributed by atoms with Crippen molar-refractivity contribution < 1.29 is 19.5 Å². The summed E-state index contributed by atoms with van der Waals surface area (Å²) in [6, 6.07) is 0. The molecule has 30 valence electrons. The SMILES string of the molecule is [AlH3].[AsH3].[CaH2].[MgH2].[PbH2].[Zn]. The molecule has 0 rings (SSSR count). The van der Waals surface area contributed by atoms with Gasteiger partial charge in [0.05, 0.1) is 0 Å². The Labute approximate surface area is 139 Å². The van der Waals surface area contributed by atoms with Gasteiger partial charge in [-0.05, 0) is 0 Å². The second kappa shape index (κ2) is 33.4. The molecule has 1 atom stereocenters. The monoisotopic (exact) mass is 450 g/mol. The van der Waals surface area contributed by atoms with Gasteiger partial charge in [0.25, 0.3) is 0 Å². The second-order valence-corrected chi connectivity index (χ2v) is 0. The van der Waals surface area contributed by atoms with Crippen LogP contribution in [0.15, 0.2) is 0 Å². The molecule has 0 heterocycles. The Hall–Kier alpha value is 4.66. The van der Waals surface area contributed by atoms with Crippen molar-refractivity contribution in [2.24, 2.45) is 0 Å². The standard InChI is InChI=1S/Al.AsH3.Ca.Mg.Pb.Zn.9H/h;1H3;;;;;;;;;;;;;. The van der Waals surface area contributed by atoms with Crippen LogP contribution in [0.4, 0.5) is 0 Å². The van der Waals surface area contributed by atoms with Gasteiger partial charge in [-0.1, -0.05) is 0 Å². The minimum Gasteiger partial charge on any atom is 0 e. The predicted molar refractivity (Wildman–Crippen MR) is 45.5 cm³/mol. The molecular formula is H12AlAsCaMgPbZn. The van der Waals surface area contributed by atoms with E-state index in [4.69, 9.17) is 0 Å². The fourth-order valence-corrected chi connectivity index (χ4v) is 0. The van der Waals surface area contributed by atoms with Crippen molar-refractivity contribution in [3.8, 4) is 0 Å². The van der Waals surface area contributed by atoms with Crippen molar-refractivity contribution in [2.45, 2.75) is 0 Å². The third-order valence-corrected chi connectivity index (χ3v) is 0. The molecule has 0 aliphatic rings. The molecular weight excluding hydrogens is 439 g/mol. The molecule has 0 aromatic rings. The van der Waals surface area contributed by atoms with E-state index < -0.39 is 0 Å². The second-order valence-electron chi connectivity index (χ2n) is 0. The minimum atomic E-state index is 0. The van der Waals surface area contributed by atoms with E-state index in [2.05, 4.69) is 0 Å². The first kappa shape index (κ1) is 45.8. The molecule has 0 spiro atoms. The van der Waals surface area contributed by atoms with Crippen LogP contribution in [0, 0.1) is 0 Å². The summed E-state index contributed by atoms with van der Waals surface area (Å²) in [5, 5.41) is 0. The maximum Gasteiger partial charge on any atom is 0 e. The van der Waals surface area contributed by atoms with Crippen molar-refractivity contribution in [2.75, 3.05) is 0 Å². The van der Waals surface area contributed by atoms with Crippen molar-refractivity contribution >= 4 is 123 Å². The van der Waals surface area contributed by atoms with Crippen molar-refractivity contribution in [3.05, 3.63) is 0 Å². The minimum absolute atomic E-state index is 0. The zero-order valence-electron chi connectivity index (χ0n) is 2.12. The summed E-state index contributed by atoms with van der Waals surface area (Å²) in [7, 11) is 0. The molecule has 0 aromatic heterocycles. The molecule has 0 aliphatic carbocycles. The third kappa shape index (κ3) is 23.4. The summed E-state index contributed by atoms with van der Waals surface area (Å²) in [5.41, 5.74) is 0. The summed E-state index contributed by atoms with van der Waals surface area (Å²) in [6.07, 6.45) is 0. The van der Waals surface area contributed by atoms with Crippen LogP contribution in [-0.4, -0.2) is 123 Å².